The number of amides is 1. The van der Waals surface area contributed by atoms with Crippen LogP contribution in [-0.4, -0.2) is 27.5 Å². The van der Waals surface area contributed by atoms with Crippen molar-refractivity contribution >= 4 is 17.3 Å². The third-order valence-corrected chi connectivity index (χ3v) is 3.72. The number of nitrogens with zero attached hydrogens (tertiary/aromatic N) is 2. The molecule has 2 N–H and O–H groups in total. The molecule has 0 saturated heterocycles. The summed E-state index contributed by atoms with van der Waals surface area (Å²) in [5.74, 6) is -0.129. The Morgan fingerprint density at radius 3 is 2.67 bits per heavy atom. The number of anilines is 1. The van der Waals surface area contributed by atoms with E-state index in [9.17, 15) is 19.7 Å². The summed E-state index contributed by atoms with van der Waals surface area (Å²) in [4.78, 5) is 36.7. The Morgan fingerprint density at radius 1 is 1.42 bits per heavy atom. The summed E-state index contributed by atoms with van der Waals surface area (Å²) in [5, 5.41) is 13.4. The van der Waals surface area contributed by atoms with Gasteiger partial charge in [0.25, 0.3) is 5.69 Å². The molecule has 0 aliphatic rings. The number of nitro benzene ring substituents is 1. The molecular weight excluding hydrogens is 316 g/mol. The summed E-state index contributed by atoms with van der Waals surface area (Å²) >= 11 is 0. The first-order valence-electron chi connectivity index (χ1n) is 7.21. The number of aromatic nitrogens is 2. The molecule has 2 aromatic rings. The molecule has 1 heterocycles. The Bertz CT molecular complexity index is 837. The van der Waals surface area contributed by atoms with Crippen molar-refractivity contribution in [2.75, 3.05) is 12.4 Å². The van der Waals surface area contributed by atoms with Gasteiger partial charge in [-0.3, -0.25) is 19.5 Å². The molecule has 2 rings (SSSR count). The fourth-order valence-corrected chi connectivity index (χ4v) is 2.27. The number of hydrogen-bond donors (Lipinski definition) is 2. The normalized spacial score (nSPS) is 10.5. The van der Waals surface area contributed by atoms with Crippen molar-refractivity contribution in [3.63, 3.8) is 0 Å². The summed E-state index contributed by atoms with van der Waals surface area (Å²) in [6.07, 6.45) is 0.0815. The van der Waals surface area contributed by atoms with Gasteiger partial charge in [-0.05, 0) is 19.9 Å². The van der Waals surface area contributed by atoms with Crippen LogP contribution in [-0.2, 0) is 11.3 Å². The first-order chi connectivity index (χ1) is 11.3. The van der Waals surface area contributed by atoms with Crippen LogP contribution in [0.5, 0.6) is 5.75 Å². The van der Waals surface area contributed by atoms with Crippen LogP contribution in [0.3, 0.4) is 0 Å². The highest BCUT2D eigenvalue weighted by molar-refractivity contribution is 5.92. The number of hydrogen-bond acceptors (Lipinski definition) is 5. The van der Waals surface area contributed by atoms with Gasteiger partial charge in [-0.25, -0.2) is 4.79 Å². The number of aromatic amines is 1. The maximum Gasteiger partial charge on any atom is 0.325 e. The van der Waals surface area contributed by atoms with Crippen molar-refractivity contribution in [2.45, 2.75) is 26.8 Å². The van der Waals surface area contributed by atoms with Crippen LogP contribution in [0.25, 0.3) is 0 Å². The van der Waals surface area contributed by atoms with E-state index in [1.807, 2.05) is 0 Å². The monoisotopic (exact) mass is 334 g/mol. The summed E-state index contributed by atoms with van der Waals surface area (Å²) < 4.78 is 6.55. The molecule has 0 fully saturated rings. The van der Waals surface area contributed by atoms with Gasteiger partial charge in [0.05, 0.1) is 23.8 Å². The number of carbonyl (C=O) groups excluding carboxylic acids is 1. The molecule has 0 bridgehead atoms. The van der Waals surface area contributed by atoms with Gasteiger partial charge in [0.1, 0.15) is 5.75 Å². The van der Waals surface area contributed by atoms with Gasteiger partial charge < -0.3 is 15.0 Å². The maximum absolute atomic E-state index is 12.1. The molecule has 128 valence electrons. The van der Waals surface area contributed by atoms with E-state index in [2.05, 4.69) is 10.3 Å². The van der Waals surface area contributed by atoms with Crippen LogP contribution in [0, 0.1) is 24.0 Å². The molecule has 0 spiro atoms. The summed E-state index contributed by atoms with van der Waals surface area (Å²) in [5.41, 5.74) is 1.49. The van der Waals surface area contributed by atoms with Gasteiger partial charge in [0, 0.05) is 30.4 Å². The maximum atomic E-state index is 12.1. The van der Waals surface area contributed by atoms with E-state index in [0.29, 0.717) is 5.69 Å². The van der Waals surface area contributed by atoms with Crippen molar-refractivity contribution in [1.29, 1.82) is 0 Å². The lowest BCUT2D eigenvalue weighted by Crippen LogP contribution is -2.22. The lowest BCUT2D eigenvalue weighted by molar-refractivity contribution is -0.384. The number of methoxy groups -OCH3 is 1. The van der Waals surface area contributed by atoms with E-state index in [1.165, 1.54) is 29.9 Å². The third-order valence-electron chi connectivity index (χ3n) is 3.72. The van der Waals surface area contributed by atoms with Crippen molar-refractivity contribution in [2.24, 2.45) is 0 Å². The van der Waals surface area contributed by atoms with Crippen LogP contribution in [0.2, 0.25) is 0 Å². The van der Waals surface area contributed by atoms with Crippen molar-refractivity contribution in [1.82, 2.24) is 9.55 Å². The average Bonchev–Trinajstić information content (AvgIpc) is 2.78. The Morgan fingerprint density at radius 2 is 2.12 bits per heavy atom. The Kier molecular flexibility index (Phi) is 5.02. The van der Waals surface area contributed by atoms with Gasteiger partial charge in [0.15, 0.2) is 0 Å². The van der Waals surface area contributed by atoms with E-state index < -0.39 is 4.92 Å². The zero-order valence-electron chi connectivity index (χ0n) is 13.6. The zero-order chi connectivity index (χ0) is 17.9. The van der Waals surface area contributed by atoms with Gasteiger partial charge in [0.2, 0.25) is 5.91 Å². The molecule has 0 aliphatic carbocycles. The summed E-state index contributed by atoms with van der Waals surface area (Å²) in [6.45, 7) is 3.82. The topological polar surface area (TPSA) is 119 Å². The highest BCUT2D eigenvalue weighted by Gasteiger charge is 2.14. The Hall–Kier alpha value is -3.10. The van der Waals surface area contributed by atoms with Crippen LogP contribution < -0.4 is 15.7 Å². The van der Waals surface area contributed by atoms with Crippen LogP contribution in [0.4, 0.5) is 11.4 Å². The van der Waals surface area contributed by atoms with Gasteiger partial charge in [-0.1, -0.05) is 0 Å². The lowest BCUT2D eigenvalue weighted by Gasteiger charge is -2.10. The molecule has 1 amide bonds. The smallest absolute Gasteiger partial charge is 0.325 e. The van der Waals surface area contributed by atoms with E-state index in [4.69, 9.17) is 4.74 Å². The average molecular weight is 334 g/mol. The largest absolute Gasteiger partial charge is 0.494 e. The Balaban J connectivity index is 2.07. The van der Waals surface area contributed by atoms with Crippen LogP contribution in [0.1, 0.15) is 17.8 Å². The minimum absolute atomic E-state index is 0.0815. The fourth-order valence-electron chi connectivity index (χ4n) is 2.27. The summed E-state index contributed by atoms with van der Waals surface area (Å²) in [7, 11) is 1.36. The third kappa shape index (κ3) is 3.62. The number of imidazole rings is 1. The SMILES string of the molecule is COc1cc([N+](=O)[O-])ccc1NC(=O)CCn1c(C)c(C)[nH]c1=O. The zero-order valence-corrected chi connectivity index (χ0v) is 13.6. The number of benzene rings is 1. The minimum Gasteiger partial charge on any atom is -0.494 e. The molecule has 9 nitrogen and oxygen atoms in total. The van der Waals surface area contributed by atoms with E-state index in [-0.39, 0.29) is 36.0 Å². The predicted molar refractivity (Wildman–Crippen MR) is 87.4 cm³/mol. The number of nitro groups is 1. The molecule has 24 heavy (non-hydrogen) atoms. The highest BCUT2D eigenvalue weighted by Crippen LogP contribution is 2.29. The van der Waals surface area contributed by atoms with Crippen LogP contribution in [0.15, 0.2) is 23.0 Å². The van der Waals surface area contributed by atoms with Gasteiger partial charge in [-0.15, -0.1) is 0 Å². The molecule has 0 saturated carbocycles. The first-order valence-corrected chi connectivity index (χ1v) is 7.21. The van der Waals surface area contributed by atoms with E-state index in [0.717, 1.165) is 11.4 Å². The lowest BCUT2D eigenvalue weighted by atomic mass is 10.2. The van der Waals surface area contributed by atoms with Gasteiger partial charge >= 0.3 is 5.69 Å². The second kappa shape index (κ2) is 6.99. The fraction of sp³-hybridized carbons (Fsp3) is 0.333. The number of ether oxygens (including phenoxy) is 1. The molecular formula is C15H18N4O5. The molecule has 9 heteroatoms. The Labute approximate surface area is 137 Å². The molecule has 1 aromatic carbocycles. The number of rotatable bonds is 6. The molecule has 0 unspecified atom stereocenters. The molecule has 0 atom stereocenters. The van der Waals surface area contributed by atoms with Crippen LogP contribution >= 0.6 is 0 Å². The minimum atomic E-state index is -0.544. The van der Waals surface area contributed by atoms with E-state index >= 15 is 0 Å². The number of H-pyrrole nitrogens is 1. The van der Waals surface area contributed by atoms with Crippen molar-refractivity contribution in [3.8, 4) is 5.75 Å². The standard InChI is InChI=1S/C15H18N4O5/c1-9-10(2)18(15(21)16-9)7-6-14(20)17-12-5-4-11(19(22)23)8-13(12)24-3/h4-5,8H,6-7H2,1-3H3,(H,16,21)(H,17,20). The van der Waals surface area contributed by atoms with Gasteiger partial charge in [-0.2, -0.15) is 0 Å². The van der Waals surface area contributed by atoms with Crippen molar-refractivity contribution in [3.05, 3.63) is 50.2 Å². The summed E-state index contributed by atoms with van der Waals surface area (Å²) in [6, 6.07) is 3.93. The number of nitrogens with one attached hydrogen (secondary N) is 2. The second-order valence-corrected chi connectivity index (χ2v) is 5.23. The quantitative estimate of drug-likeness (QED) is 0.616. The van der Waals surface area contributed by atoms with E-state index in [1.54, 1.807) is 13.8 Å². The second-order valence-electron chi connectivity index (χ2n) is 5.23. The number of non-ortho nitro benzene ring substituents is 1. The first kappa shape index (κ1) is 17.3. The molecule has 1 aromatic heterocycles. The molecule has 0 radical (unpaired) electrons. The molecule has 0 aliphatic heterocycles. The highest BCUT2D eigenvalue weighted by atomic mass is 16.6. The van der Waals surface area contributed by atoms with Crippen molar-refractivity contribution < 1.29 is 14.5 Å². The predicted octanol–water partition coefficient (Wildman–Crippen LogP) is 1.74. The number of carbonyl (C=O) groups is 1. The number of aryl methyl sites for hydroxylation is 1.